The minimum absolute atomic E-state index is 0.145. The van der Waals surface area contributed by atoms with Gasteiger partial charge < -0.3 is 5.32 Å². The zero-order valence-corrected chi connectivity index (χ0v) is 14.8. The Labute approximate surface area is 145 Å². The van der Waals surface area contributed by atoms with Gasteiger partial charge in [0.05, 0.1) is 5.75 Å². The average molecular weight is 349 g/mol. The van der Waals surface area contributed by atoms with Crippen molar-refractivity contribution in [1.82, 2.24) is 0 Å². The van der Waals surface area contributed by atoms with Gasteiger partial charge in [0.15, 0.2) is 11.6 Å². The van der Waals surface area contributed by atoms with Crippen LogP contribution in [0.5, 0.6) is 0 Å². The monoisotopic (exact) mass is 349 g/mol. The number of amides is 1. The van der Waals surface area contributed by atoms with Crippen molar-refractivity contribution < 1.29 is 13.6 Å². The summed E-state index contributed by atoms with van der Waals surface area (Å²) in [5, 5.41) is 2.94. The second-order valence-corrected chi connectivity index (χ2v) is 6.93. The molecule has 128 valence electrons. The predicted molar refractivity (Wildman–Crippen MR) is 96.4 cm³/mol. The van der Waals surface area contributed by atoms with Crippen molar-refractivity contribution in [3.8, 4) is 0 Å². The van der Waals surface area contributed by atoms with Crippen molar-refractivity contribution in [2.24, 2.45) is 0 Å². The van der Waals surface area contributed by atoms with Crippen LogP contribution >= 0.6 is 11.8 Å². The number of aryl methyl sites for hydroxylation is 1. The van der Waals surface area contributed by atoms with Gasteiger partial charge in [-0.3, -0.25) is 4.79 Å². The lowest BCUT2D eigenvalue weighted by molar-refractivity contribution is -0.113. The van der Waals surface area contributed by atoms with E-state index in [1.807, 2.05) is 25.1 Å². The summed E-state index contributed by atoms with van der Waals surface area (Å²) in [5.41, 5.74) is 3.21. The number of hydrogen-bond donors (Lipinski definition) is 1. The minimum atomic E-state index is -0.862. The van der Waals surface area contributed by atoms with Crippen molar-refractivity contribution >= 4 is 23.4 Å². The summed E-state index contributed by atoms with van der Waals surface area (Å²) in [6.45, 7) is 6.11. The van der Waals surface area contributed by atoms with Crippen LogP contribution in [0.2, 0.25) is 0 Å². The number of hydrogen-bond acceptors (Lipinski definition) is 2. The van der Waals surface area contributed by atoms with Crippen molar-refractivity contribution in [1.29, 1.82) is 0 Å². The van der Waals surface area contributed by atoms with Gasteiger partial charge in [-0.1, -0.05) is 44.2 Å². The van der Waals surface area contributed by atoms with E-state index in [0.29, 0.717) is 5.92 Å². The van der Waals surface area contributed by atoms with E-state index >= 15 is 0 Å². The topological polar surface area (TPSA) is 29.1 Å². The highest BCUT2D eigenvalue weighted by atomic mass is 32.2. The number of carbonyl (C=O) groups excluding carboxylic acids is 1. The molecule has 0 aliphatic heterocycles. The van der Waals surface area contributed by atoms with Gasteiger partial charge in [0, 0.05) is 17.0 Å². The van der Waals surface area contributed by atoms with E-state index in [0.717, 1.165) is 22.9 Å². The van der Waals surface area contributed by atoms with Gasteiger partial charge in [-0.15, -0.1) is 11.8 Å². The van der Waals surface area contributed by atoms with Crippen molar-refractivity contribution in [2.45, 2.75) is 32.4 Å². The summed E-state index contributed by atoms with van der Waals surface area (Å²) in [6.07, 6.45) is 0. The molecule has 0 saturated heterocycles. The third-order valence-corrected chi connectivity index (χ3v) is 4.70. The van der Waals surface area contributed by atoms with Crippen molar-refractivity contribution in [2.75, 3.05) is 11.1 Å². The Bertz CT molecular complexity index is 731. The number of rotatable bonds is 6. The Morgan fingerprint density at radius 1 is 1.17 bits per heavy atom. The first-order valence-electron chi connectivity index (χ1n) is 7.80. The molecule has 2 nitrogen and oxygen atoms in total. The SMILES string of the molecule is Cc1cccc(C(C)C)c1NC(=O)CSCc1cccc(F)c1F. The zero-order valence-electron chi connectivity index (χ0n) is 14.0. The number of thioether (sulfide) groups is 1. The number of anilines is 1. The maximum absolute atomic E-state index is 13.6. The molecule has 0 aliphatic carbocycles. The first-order chi connectivity index (χ1) is 11.4. The number of benzene rings is 2. The molecular formula is C19H21F2NOS. The van der Waals surface area contributed by atoms with Crippen LogP contribution in [-0.4, -0.2) is 11.7 Å². The van der Waals surface area contributed by atoms with Crippen LogP contribution in [0.1, 0.15) is 36.5 Å². The summed E-state index contributed by atoms with van der Waals surface area (Å²) in [7, 11) is 0. The highest BCUT2D eigenvalue weighted by molar-refractivity contribution is 7.99. The number of nitrogens with one attached hydrogen (secondary N) is 1. The summed E-state index contributed by atoms with van der Waals surface area (Å²) in [4.78, 5) is 12.2. The van der Waals surface area contributed by atoms with Gasteiger partial charge in [0.25, 0.3) is 0 Å². The lowest BCUT2D eigenvalue weighted by atomic mass is 9.98. The van der Waals surface area contributed by atoms with E-state index in [1.165, 1.54) is 23.9 Å². The summed E-state index contributed by atoms with van der Waals surface area (Å²) < 4.78 is 26.7. The largest absolute Gasteiger partial charge is 0.325 e. The molecule has 2 aromatic rings. The van der Waals surface area contributed by atoms with Gasteiger partial charge in [-0.05, 0) is 30.0 Å². The number of carbonyl (C=O) groups is 1. The molecule has 0 fully saturated rings. The quantitative estimate of drug-likeness (QED) is 0.770. The standard InChI is InChI=1S/C19H21F2NOS/c1-12(2)15-8-4-6-13(3)19(15)22-17(23)11-24-10-14-7-5-9-16(20)18(14)21/h4-9,12H,10-11H2,1-3H3,(H,22,23). The minimum Gasteiger partial charge on any atom is -0.325 e. The maximum atomic E-state index is 13.6. The fourth-order valence-corrected chi connectivity index (χ4v) is 3.23. The molecule has 0 bridgehead atoms. The first-order valence-corrected chi connectivity index (χ1v) is 8.95. The zero-order chi connectivity index (χ0) is 17.7. The summed E-state index contributed by atoms with van der Waals surface area (Å²) >= 11 is 1.26. The molecule has 24 heavy (non-hydrogen) atoms. The van der Waals surface area contributed by atoms with E-state index in [9.17, 15) is 13.6 Å². The van der Waals surface area contributed by atoms with Crippen molar-refractivity contribution in [3.05, 3.63) is 64.7 Å². The molecule has 0 atom stereocenters. The Kier molecular flexibility index (Phi) is 6.37. The van der Waals surface area contributed by atoms with Crippen LogP contribution in [0.3, 0.4) is 0 Å². The van der Waals surface area contributed by atoms with Gasteiger partial charge in [-0.25, -0.2) is 8.78 Å². The molecular weight excluding hydrogens is 328 g/mol. The lowest BCUT2D eigenvalue weighted by Gasteiger charge is -2.16. The molecule has 0 aromatic heterocycles. The van der Waals surface area contributed by atoms with Crippen LogP contribution in [-0.2, 0) is 10.5 Å². The fourth-order valence-electron chi connectivity index (χ4n) is 2.43. The van der Waals surface area contributed by atoms with Gasteiger partial charge in [0.1, 0.15) is 0 Å². The molecule has 1 amide bonds. The molecule has 2 rings (SSSR count). The molecule has 0 unspecified atom stereocenters. The van der Waals surface area contributed by atoms with Gasteiger partial charge >= 0.3 is 0 Å². The molecule has 1 N–H and O–H groups in total. The summed E-state index contributed by atoms with van der Waals surface area (Å²) in [6, 6.07) is 10.0. The molecule has 0 aliphatic rings. The van der Waals surface area contributed by atoms with E-state index in [4.69, 9.17) is 0 Å². The Balaban J connectivity index is 1.96. The second-order valence-electron chi connectivity index (χ2n) is 5.95. The molecule has 0 radical (unpaired) electrons. The molecule has 0 spiro atoms. The average Bonchev–Trinajstić information content (AvgIpc) is 2.53. The normalized spacial score (nSPS) is 10.9. The van der Waals surface area contributed by atoms with Crippen LogP contribution in [0.25, 0.3) is 0 Å². The van der Waals surface area contributed by atoms with E-state index in [1.54, 1.807) is 0 Å². The molecule has 0 saturated carbocycles. The molecule has 0 heterocycles. The van der Waals surface area contributed by atoms with Crippen LogP contribution in [0.15, 0.2) is 36.4 Å². The third-order valence-electron chi connectivity index (χ3n) is 3.71. The highest BCUT2D eigenvalue weighted by Gasteiger charge is 2.13. The lowest BCUT2D eigenvalue weighted by Crippen LogP contribution is -2.16. The fraction of sp³-hybridized carbons (Fsp3) is 0.316. The number of halogens is 2. The Morgan fingerprint density at radius 3 is 2.58 bits per heavy atom. The van der Waals surface area contributed by atoms with Gasteiger partial charge in [-0.2, -0.15) is 0 Å². The maximum Gasteiger partial charge on any atom is 0.234 e. The smallest absolute Gasteiger partial charge is 0.234 e. The Hall–Kier alpha value is -1.88. The van der Waals surface area contributed by atoms with Gasteiger partial charge in [0.2, 0.25) is 5.91 Å². The van der Waals surface area contributed by atoms with Crippen LogP contribution in [0, 0.1) is 18.6 Å². The van der Waals surface area contributed by atoms with Crippen LogP contribution in [0.4, 0.5) is 14.5 Å². The Morgan fingerprint density at radius 2 is 1.88 bits per heavy atom. The van der Waals surface area contributed by atoms with E-state index < -0.39 is 11.6 Å². The summed E-state index contributed by atoms with van der Waals surface area (Å²) in [5.74, 6) is -1.11. The third kappa shape index (κ3) is 4.57. The molecule has 2 aromatic carbocycles. The highest BCUT2D eigenvalue weighted by Crippen LogP contribution is 2.27. The van der Waals surface area contributed by atoms with E-state index in [2.05, 4.69) is 19.2 Å². The van der Waals surface area contributed by atoms with Crippen molar-refractivity contribution in [3.63, 3.8) is 0 Å². The van der Waals surface area contributed by atoms with Crippen LogP contribution < -0.4 is 5.32 Å². The molecule has 5 heteroatoms. The second kappa shape index (κ2) is 8.29. The predicted octanol–water partition coefficient (Wildman–Crippen LogP) is 5.27. The first kappa shape index (κ1) is 18.5. The van der Waals surface area contributed by atoms with E-state index in [-0.39, 0.29) is 23.0 Å². The number of para-hydroxylation sites is 1.